The van der Waals surface area contributed by atoms with Gasteiger partial charge in [-0.1, -0.05) is 18.2 Å². The van der Waals surface area contributed by atoms with Gasteiger partial charge in [0.2, 0.25) is 11.8 Å². The van der Waals surface area contributed by atoms with E-state index < -0.39 is 6.04 Å². The predicted octanol–water partition coefficient (Wildman–Crippen LogP) is 2.86. The number of fused-ring (bicyclic) bond motifs is 5. The van der Waals surface area contributed by atoms with Crippen LogP contribution in [0.2, 0.25) is 0 Å². The van der Waals surface area contributed by atoms with Crippen molar-refractivity contribution in [3.8, 4) is 5.75 Å². The molecule has 8 heteroatoms. The molecule has 1 aromatic heterocycles. The van der Waals surface area contributed by atoms with E-state index in [1.54, 1.807) is 4.90 Å². The van der Waals surface area contributed by atoms with Gasteiger partial charge in [-0.2, -0.15) is 0 Å². The minimum atomic E-state index is -0.609. The first-order valence-electron chi connectivity index (χ1n) is 12.7. The number of amides is 3. The van der Waals surface area contributed by atoms with Crippen molar-refractivity contribution in [3.63, 3.8) is 0 Å². The van der Waals surface area contributed by atoms with E-state index in [1.807, 2.05) is 12.3 Å². The molecule has 3 amide bonds. The molecule has 4 aliphatic rings. The number of H-pyrrole nitrogens is 1. The lowest BCUT2D eigenvalue weighted by Crippen LogP contribution is -2.52. The Kier molecular flexibility index (Phi) is 4.76. The highest BCUT2D eigenvalue weighted by atomic mass is 16.5. The summed E-state index contributed by atoms with van der Waals surface area (Å²) in [4.78, 5) is 44.6. The van der Waals surface area contributed by atoms with Gasteiger partial charge < -0.3 is 14.6 Å². The smallest absolute Gasteiger partial charge is 0.255 e. The molecule has 0 radical (unpaired) electrons. The molecule has 0 saturated carbocycles. The number of nitrogens with zero attached hydrogens (tertiary/aromatic N) is 2. The Labute approximate surface area is 208 Å². The number of likely N-dealkylation sites (tertiary alicyclic amines) is 1. The molecule has 2 fully saturated rings. The van der Waals surface area contributed by atoms with Crippen LogP contribution >= 0.6 is 0 Å². The van der Waals surface area contributed by atoms with Crippen LogP contribution in [0, 0.1) is 0 Å². The van der Waals surface area contributed by atoms with E-state index in [1.165, 1.54) is 22.0 Å². The van der Waals surface area contributed by atoms with Crippen molar-refractivity contribution >= 4 is 28.6 Å². The van der Waals surface area contributed by atoms with Crippen molar-refractivity contribution in [1.82, 2.24) is 20.1 Å². The van der Waals surface area contributed by atoms with Crippen LogP contribution in [0.4, 0.5) is 0 Å². The molecule has 184 valence electrons. The van der Waals surface area contributed by atoms with Gasteiger partial charge in [-0.3, -0.25) is 24.6 Å². The van der Waals surface area contributed by atoms with Crippen LogP contribution in [0.3, 0.4) is 0 Å². The monoisotopic (exact) mass is 484 g/mol. The fraction of sp³-hybridized carbons (Fsp3) is 0.393. The first-order chi connectivity index (χ1) is 17.5. The summed E-state index contributed by atoms with van der Waals surface area (Å²) < 4.78 is 6.30. The third-order valence-corrected chi connectivity index (χ3v) is 8.57. The molecule has 2 aromatic carbocycles. The summed E-state index contributed by atoms with van der Waals surface area (Å²) in [5.74, 6) is 0.0222. The van der Waals surface area contributed by atoms with Crippen LogP contribution in [0.25, 0.3) is 10.9 Å². The fourth-order valence-electron chi connectivity index (χ4n) is 6.49. The van der Waals surface area contributed by atoms with E-state index in [0.29, 0.717) is 25.1 Å². The van der Waals surface area contributed by atoms with Crippen molar-refractivity contribution < 1.29 is 19.1 Å². The topological polar surface area (TPSA) is 94.7 Å². The Bertz CT molecular complexity index is 1420. The Hall–Kier alpha value is -3.65. The number of carbonyl (C=O) groups is 3. The van der Waals surface area contributed by atoms with Crippen molar-refractivity contribution in [2.24, 2.45) is 0 Å². The largest absolute Gasteiger partial charge is 0.492 e. The average Bonchev–Trinajstić information content (AvgIpc) is 3.57. The highest BCUT2D eigenvalue weighted by molar-refractivity contribution is 6.05. The van der Waals surface area contributed by atoms with Gasteiger partial charge in [-0.05, 0) is 61.5 Å². The average molecular weight is 485 g/mol. The fourth-order valence-corrected chi connectivity index (χ4v) is 6.49. The van der Waals surface area contributed by atoms with Gasteiger partial charge in [0.1, 0.15) is 11.8 Å². The number of carbonyl (C=O) groups excluding carboxylic acids is 3. The molecular weight excluding hydrogens is 456 g/mol. The molecule has 1 unspecified atom stereocenters. The second-order valence-electron chi connectivity index (χ2n) is 10.6. The third-order valence-electron chi connectivity index (χ3n) is 8.57. The number of aromatic amines is 1. The second-order valence-corrected chi connectivity index (χ2v) is 10.6. The highest BCUT2D eigenvalue weighted by Gasteiger charge is 2.47. The maximum atomic E-state index is 13.2. The lowest BCUT2D eigenvalue weighted by atomic mass is 9.74. The number of benzene rings is 2. The predicted molar refractivity (Wildman–Crippen MR) is 132 cm³/mol. The molecule has 2 saturated heterocycles. The maximum Gasteiger partial charge on any atom is 0.255 e. The van der Waals surface area contributed by atoms with E-state index >= 15 is 0 Å². The summed E-state index contributed by atoms with van der Waals surface area (Å²) >= 11 is 0. The number of piperidine rings is 2. The molecule has 36 heavy (non-hydrogen) atoms. The molecule has 0 bridgehead atoms. The summed E-state index contributed by atoms with van der Waals surface area (Å²) in [7, 11) is 0. The highest BCUT2D eigenvalue weighted by Crippen LogP contribution is 2.49. The zero-order valence-corrected chi connectivity index (χ0v) is 20.0. The van der Waals surface area contributed by atoms with Gasteiger partial charge >= 0.3 is 0 Å². The minimum absolute atomic E-state index is 0.0324. The van der Waals surface area contributed by atoms with Gasteiger partial charge in [0.05, 0.1) is 13.2 Å². The summed E-state index contributed by atoms with van der Waals surface area (Å²) in [5, 5.41) is 3.61. The molecule has 3 aromatic rings. The Morgan fingerprint density at radius 1 is 1.06 bits per heavy atom. The normalized spacial score (nSPS) is 23.2. The number of ether oxygens (including phenoxy) is 1. The molecule has 0 aliphatic carbocycles. The maximum absolute atomic E-state index is 13.2. The number of aromatic nitrogens is 1. The van der Waals surface area contributed by atoms with E-state index in [2.05, 4.69) is 45.5 Å². The van der Waals surface area contributed by atoms with E-state index in [-0.39, 0.29) is 29.6 Å². The molecule has 1 atom stereocenters. The molecule has 8 nitrogen and oxygen atoms in total. The van der Waals surface area contributed by atoms with Gasteiger partial charge in [0, 0.05) is 46.8 Å². The van der Waals surface area contributed by atoms with Crippen molar-refractivity contribution in [1.29, 1.82) is 0 Å². The Morgan fingerprint density at radius 2 is 1.92 bits per heavy atom. The van der Waals surface area contributed by atoms with Crippen LogP contribution in [0.15, 0.2) is 42.6 Å². The second kappa shape index (κ2) is 7.93. The van der Waals surface area contributed by atoms with Crippen molar-refractivity contribution in [3.05, 3.63) is 64.8 Å². The van der Waals surface area contributed by atoms with Crippen LogP contribution in [0.1, 0.15) is 52.7 Å². The summed E-state index contributed by atoms with van der Waals surface area (Å²) in [6, 6.07) is 12.1. The molecular formula is C28H28N4O4. The molecule has 5 heterocycles. The zero-order chi connectivity index (χ0) is 24.4. The lowest BCUT2D eigenvalue weighted by Gasteiger charge is -2.38. The molecule has 7 rings (SSSR count). The first-order valence-corrected chi connectivity index (χ1v) is 12.7. The van der Waals surface area contributed by atoms with Gasteiger partial charge in [0.15, 0.2) is 0 Å². The summed E-state index contributed by atoms with van der Waals surface area (Å²) in [6.07, 6.45) is 4.61. The van der Waals surface area contributed by atoms with E-state index in [0.717, 1.165) is 43.8 Å². The Morgan fingerprint density at radius 3 is 2.75 bits per heavy atom. The standard InChI is InChI=1S/C28H28N4O4/c33-24-6-5-23(26(34)30-24)32-15-20-19(27(32)35)3-4-21-25(20)36-16-28(21)8-11-31(12-9-28)14-17-1-2-18-7-10-29-22(18)13-17/h1-4,7,10,13,23,29H,5-6,8-9,11-12,14-16H2,(H,30,33,34). The minimum Gasteiger partial charge on any atom is -0.492 e. The molecule has 4 aliphatic heterocycles. The third kappa shape index (κ3) is 3.27. The number of hydrogen-bond donors (Lipinski definition) is 2. The molecule has 2 N–H and O–H groups in total. The lowest BCUT2D eigenvalue weighted by molar-refractivity contribution is -0.136. The summed E-state index contributed by atoms with van der Waals surface area (Å²) in [5.41, 5.74) is 5.16. The van der Waals surface area contributed by atoms with Crippen LogP contribution in [0.5, 0.6) is 5.75 Å². The SMILES string of the molecule is O=C1CCC(N2Cc3c(ccc4c3OCC43CCN(Cc4ccc5cc[nH]c5c4)CC3)C2=O)C(=O)N1. The van der Waals surface area contributed by atoms with Gasteiger partial charge in [-0.25, -0.2) is 0 Å². The van der Waals surface area contributed by atoms with E-state index in [9.17, 15) is 14.4 Å². The van der Waals surface area contributed by atoms with Crippen molar-refractivity contribution in [2.45, 2.75) is 50.2 Å². The van der Waals surface area contributed by atoms with E-state index in [4.69, 9.17) is 4.74 Å². The summed E-state index contributed by atoms with van der Waals surface area (Å²) in [6.45, 7) is 3.90. The van der Waals surface area contributed by atoms with Crippen LogP contribution in [-0.2, 0) is 28.1 Å². The van der Waals surface area contributed by atoms with Crippen LogP contribution < -0.4 is 10.1 Å². The first kappa shape index (κ1) is 21.6. The number of imide groups is 1. The van der Waals surface area contributed by atoms with Gasteiger partial charge in [-0.15, -0.1) is 0 Å². The number of rotatable bonds is 3. The number of nitrogens with one attached hydrogen (secondary N) is 2. The van der Waals surface area contributed by atoms with Gasteiger partial charge in [0.25, 0.3) is 5.91 Å². The number of hydrogen-bond acceptors (Lipinski definition) is 5. The molecule has 1 spiro atoms. The quantitative estimate of drug-likeness (QED) is 0.558. The Balaban J connectivity index is 1.08. The zero-order valence-electron chi connectivity index (χ0n) is 20.0. The van der Waals surface area contributed by atoms with Crippen LogP contribution in [-0.4, -0.2) is 58.2 Å². The van der Waals surface area contributed by atoms with Crippen molar-refractivity contribution in [2.75, 3.05) is 19.7 Å².